The van der Waals surface area contributed by atoms with Crippen LogP contribution in [0.2, 0.25) is 0 Å². The monoisotopic (exact) mass is 374 g/mol. The van der Waals surface area contributed by atoms with Gasteiger partial charge in [0.15, 0.2) is 23.5 Å². The molecule has 0 aromatic heterocycles. The number of aliphatic hydroxyl groups is 3. The summed E-state index contributed by atoms with van der Waals surface area (Å²) >= 11 is 0. The zero-order valence-corrected chi connectivity index (χ0v) is 14.1. The predicted molar refractivity (Wildman–Crippen MR) is 84.6 cm³/mol. The smallest absolute Gasteiger partial charge is 0.338 e. The molecule has 10 heteroatoms. The molecule has 0 radical (unpaired) electrons. The number of aliphatic hydroxyl groups excluding tert-OH is 3. The first-order valence-corrected chi connectivity index (χ1v) is 7.89. The van der Waals surface area contributed by atoms with Crippen molar-refractivity contribution in [1.29, 1.82) is 0 Å². The SMILES string of the molecule is CC(C)O[C@@H]1O[C@H](COC(=O)c2cc(O)c(O)c(O)c2)[C@@H](O)[C@H](O)[C@H]1O. The molecule has 146 valence electrons. The maximum absolute atomic E-state index is 12.0. The number of benzene rings is 1. The van der Waals surface area contributed by atoms with Gasteiger partial charge < -0.3 is 44.8 Å². The number of esters is 1. The van der Waals surface area contributed by atoms with Crippen molar-refractivity contribution < 1.29 is 49.6 Å². The molecule has 1 saturated heterocycles. The molecule has 1 aliphatic rings. The zero-order chi connectivity index (χ0) is 19.6. The largest absolute Gasteiger partial charge is 0.504 e. The quantitative estimate of drug-likeness (QED) is 0.283. The van der Waals surface area contributed by atoms with E-state index >= 15 is 0 Å². The van der Waals surface area contributed by atoms with Gasteiger partial charge in [0, 0.05) is 0 Å². The van der Waals surface area contributed by atoms with Crippen molar-refractivity contribution >= 4 is 5.97 Å². The van der Waals surface area contributed by atoms with Crippen LogP contribution in [0.1, 0.15) is 24.2 Å². The van der Waals surface area contributed by atoms with Gasteiger partial charge in [0.2, 0.25) is 0 Å². The number of aromatic hydroxyl groups is 3. The Morgan fingerprint density at radius 1 is 1.08 bits per heavy atom. The molecule has 1 aliphatic heterocycles. The first-order valence-electron chi connectivity index (χ1n) is 7.89. The Morgan fingerprint density at radius 2 is 1.65 bits per heavy atom. The Hall–Kier alpha value is -2.11. The molecule has 0 spiro atoms. The van der Waals surface area contributed by atoms with Crippen LogP contribution in [0, 0.1) is 0 Å². The summed E-state index contributed by atoms with van der Waals surface area (Å²) in [6.45, 7) is 2.88. The van der Waals surface area contributed by atoms with Crippen molar-refractivity contribution in [1.82, 2.24) is 0 Å². The Morgan fingerprint density at radius 3 is 2.19 bits per heavy atom. The third-order valence-electron chi connectivity index (χ3n) is 3.76. The van der Waals surface area contributed by atoms with Crippen molar-refractivity contribution in [3.05, 3.63) is 17.7 Å². The first-order chi connectivity index (χ1) is 12.1. The highest BCUT2D eigenvalue weighted by atomic mass is 16.7. The lowest BCUT2D eigenvalue weighted by atomic mass is 9.99. The molecule has 1 heterocycles. The number of hydrogen-bond acceptors (Lipinski definition) is 10. The lowest BCUT2D eigenvalue weighted by Gasteiger charge is -2.40. The lowest BCUT2D eigenvalue weighted by Crippen LogP contribution is -2.59. The minimum absolute atomic E-state index is 0.251. The lowest BCUT2D eigenvalue weighted by molar-refractivity contribution is -0.308. The van der Waals surface area contributed by atoms with Gasteiger partial charge in [-0.05, 0) is 26.0 Å². The summed E-state index contributed by atoms with van der Waals surface area (Å²) in [5, 5.41) is 57.8. The molecule has 5 atom stereocenters. The highest BCUT2D eigenvalue weighted by Gasteiger charge is 2.45. The van der Waals surface area contributed by atoms with Gasteiger partial charge >= 0.3 is 5.97 Å². The second kappa shape index (κ2) is 8.06. The topological polar surface area (TPSA) is 166 Å². The fourth-order valence-corrected chi connectivity index (χ4v) is 2.40. The average molecular weight is 374 g/mol. The van der Waals surface area contributed by atoms with Crippen molar-refractivity contribution in [3.63, 3.8) is 0 Å². The van der Waals surface area contributed by atoms with Crippen molar-refractivity contribution in [2.45, 2.75) is 50.7 Å². The molecule has 0 bridgehead atoms. The Labute approximate surface area is 148 Å². The summed E-state index contributed by atoms with van der Waals surface area (Å²) in [6, 6.07) is 1.78. The molecule has 6 N–H and O–H groups in total. The van der Waals surface area contributed by atoms with Crippen LogP contribution in [0.5, 0.6) is 17.2 Å². The number of ether oxygens (including phenoxy) is 3. The Balaban J connectivity index is 2.04. The van der Waals surface area contributed by atoms with Gasteiger partial charge in [0.25, 0.3) is 0 Å². The Kier molecular flexibility index (Phi) is 6.26. The van der Waals surface area contributed by atoms with Crippen LogP contribution >= 0.6 is 0 Å². The molecule has 0 saturated carbocycles. The molecular weight excluding hydrogens is 352 g/mol. The normalized spacial score (nSPS) is 28.9. The molecule has 0 unspecified atom stereocenters. The van der Waals surface area contributed by atoms with Gasteiger partial charge in [-0.3, -0.25) is 0 Å². The van der Waals surface area contributed by atoms with Crippen LogP contribution in [-0.4, -0.2) is 80.0 Å². The number of rotatable bonds is 5. The summed E-state index contributed by atoms with van der Waals surface area (Å²) < 4.78 is 15.6. The van der Waals surface area contributed by atoms with E-state index < -0.39 is 60.5 Å². The molecular formula is C16H22O10. The van der Waals surface area contributed by atoms with Crippen molar-refractivity contribution in [2.75, 3.05) is 6.61 Å². The van der Waals surface area contributed by atoms with E-state index in [0.29, 0.717) is 0 Å². The number of phenolic OH excluding ortho intramolecular Hbond substituents is 3. The molecule has 2 rings (SSSR count). The van der Waals surface area contributed by atoms with Crippen LogP contribution in [0.25, 0.3) is 0 Å². The van der Waals surface area contributed by atoms with Crippen LogP contribution in [0.15, 0.2) is 12.1 Å². The number of carbonyl (C=O) groups excluding carboxylic acids is 1. The van der Waals surface area contributed by atoms with E-state index in [-0.39, 0.29) is 11.7 Å². The number of phenols is 3. The third-order valence-corrected chi connectivity index (χ3v) is 3.76. The zero-order valence-electron chi connectivity index (χ0n) is 14.1. The summed E-state index contributed by atoms with van der Waals surface area (Å²) in [5.74, 6) is -3.18. The second-order valence-corrected chi connectivity index (χ2v) is 6.16. The summed E-state index contributed by atoms with van der Waals surface area (Å²) in [6.07, 6.45) is -7.32. The van der Waals surface area contributed by atoms with Crippen LogP contribution in [0.4, 0.5) is 0 Å². The van der Waals surface area contributed by atoms with Gasteiger partial charge in [-0.15, -0.1) is 0 Å². The van der Waals surface area contributed by atoms with E-state index in [9.17, 15) is 35.4 Å². The Bertz CT molecular complexity index is 623. The summed E-state index contributed by atoms with van der Waals surface area (Å²) in [4.78, 5) is 12.0. The van der Waals surface area contributed by atoms with E-state index in [1.165, 1.54) is 0 Å². The minimum atomic E-state index is -1.57. The second-order valence-electron chi connectivity index (χ2n) is 6.16. The van der Waals surface area contributed by atoms with Gasteiger partial charge in [0.1, 0.15) is 31.0 Å². The van der Waals surface area contributed by atoms with E-state index in [4.69, 9.17) is 14.2 Å². The first kappa shape index (κ1) is 20.2. The molecule has 10 nitrogen and oxygen atoms in total. The molecule has 1 fully saturated rings. The fraction of sp³-hybridized carbons (Fsp3) is 0.562. The third kappa shape index (κ3) is 4.34. The van der Waals surface area contributed by atoms with Crippen LogP contribution in [-0.2, 0) is 14.2 Å². The predicted octanol–water partition coefficient (Wildman–Crippen LogP) is -0.807. The van der Waals surface area contributed by atoms with Crippen LogP contribution in [0.3, 0.4) is 0 Å². The summed E-state index contributed by atoms with van der Waals surface area (Å²) in [7, 11) is 0. The van der Waals surface area contributed by atoms with Crippen molar-refractivity contribution in [3.8, 4) is 17.2 Å². The molecule has 1 aromatic carbocycles. The van der Waals surface area contributed by atoms with E-state index in [1.807, 2.05) is 0 Å². The highest BCUT2D eigenvalue weighted by Crippen LogP contribution is 2.35. The fourth-order valence-electron chi connectivity index (χ4n) is 2.40. The van der Waals surface area contributed by atoms with Gasteiger partial charge in [0.05, 0.1) is 11.7 Å². The maximum atomic E-state index is 12.0. The highest BCUT2D eigenvalue weighted by molar-refractivity contribution is 5.91. The molecule has 1 aromatic rings. The summed E-state index contributed by atoms with van der Waals surface area (Å²) in [5.41, 5.74) is -0.251. The van der Waals surface area contributed by atoms with E-state index in [2.05, 4.69) is 0 Å². The standard InChI is InChI=1S/C16H22O10/c1-6(2)25-16-14(22)13(21)12(20)10(26-16)5-24-15(23)7-3-8(17)11(19)9(18)4-7/h3-4,6,10,12-14,16-22H,5H2,1-2H3/t10-,12-,13+,14-,16-/m1/s1. The van der Waals surface area contributed by atoms with Crippen molar-refractivity contribution in [2.24, 2.45) is 0 Å². The average Bonchev–Trinajstić information content (AvgIpc) is 2.58. The van der Waals surface area contributed by atoms with E-state index in [1.54, 1.807) is 13.8 Å². The molecule has 0 aliphatic carbocycles. The minimum Gasteiger partial charge on any atom is -0.504 e. The molecule has 26 heavy (non-hydrogen) atoms. The van der Waals surface area contributed by atoms with E-state index in [0.717, 1.165) is 12.1 Å². The van der Waals surface area contributed by atoms with Gasteiger partial charge in [-0.1, -0.05) is 0 Å². The van der Waals surface area contributed by atoms with Crippen LogP contribution < -0.4 is 0 Å². The van der Waals surface area contributed by atoms with Gasteiger partial charge in [-0.2, -0.15) is 0 Å². The number of hydrogen-bond donors (Lipinski definition) is 6. The molecule has 0 amide bonds. The number of carbonyl (C=O) groups is 1. The maximum Gasteiger partial charge on any atom is 0.338 e. The van der Waals surface area contributed by atoms with Gasteiger partial charge in [-0.25, -0.2) is 4.79 Å².